The monoisotopic (exact) mass is 203 g/mol. The minimum Gasteiger partial charge on any atom is -0.494 e. The first kappa shape index (κ1) is 8.35. The molecule has 0 aliphatic heterocycles. The molecule has 0 N–H and O–H groups in total. The second-order valence-corrected chi connectivity index (χ2v) is 3.32. The van der Waals surface area contributed by atoms with E-state index in [1.807, 2.05) is 12.1 Å². The van der Waals surface area contributed by atoms with E-state index in [9.17, 15) is 0 Å². The van der Waals surface area contributed by atoms with Crippen LogP contribution in [0, 0.1) is 6.92 Å². The van der Waals surface area contributed by atoms with Gasteiger partial charge in [0, 0.05) is 13.0 Å². The lowest BCUT2D eigenvalue weighted by molar-refractivity contribution is 0.423. The zero-order chi connectivity index (χ0) is 10.4. The molecular weight excluding hydrogens is 194 g/mol. The number of ether oxygens (including phenoxy) is 1. The van der Waals surface area contributed by atoms with Gasteiger partial charge in [0.1, 0.15) is 5.58 Å². The van der Waals surface area contributed by atoms with Crippen LogP contribution in [0.25, 0.3) is 22.1 Å². The lowest BCUT2D eigenvalue weighted by atomic mass is 10.2. The molecule has 0 aliphatic carbocycles. The first-order valence-corrected chi connectivity index (χ1v) is 4.61. The van der Waals surface area contributed by atoms with Crippen molar-refractivity contribution in [2.45, 2.75) is 6.92 Å². The van der Waals surface area contributed by atoms with E-state index in [1.165, 1.54) is 0 Å². The molecule has 15 heavy (non-hydrogen) atoms. The molecule has 2 aromatic heterocycles. The van der Waals surface area contributed by atoms with Gasteiger partial charge in [-0.25, -0.2) is 4.98 Å². The quantitative estimate of drug-likeness (QED) is 0.610. The standard InChI is InChI=1S/C11H9NO3/c1-6-12-10-9(15-6)5-8-7(3-4-14-8)11(10)13-2/h3-5H,1-2H3. The number of hydrogen-bond acceptors (Lipinski definition) is 4. The number of aryl methyl sites for hydroxylation is 1. The van der Waals surface area contributed by atoms with Crippen molar-refractivity contribution in [1.82, 2.24) is 4.98 Å². The normalized spacial score (nSPS) is 11.3. The molecule has 4 nitrogen and oxygen atoms in total. The summed E-state index contributed by atoms with van der Waals surface area (Å²) in [6, 6.07) is 3.69. The number of oxazole rings is 1. The highest BCUT2D eigenvalue weighted by Gasteiger charge is 2.14. The van der Waals surface area contributed by atoms with Gasteiger partial charge in [0.25, 0.3) is 0 Å². The van der Waals surface area contributed by atoms with Crippen molar-refractivity contribution >= 4 is 22.1 Å². The third-order valence-corrected chi connectivity index (χ3v) is 2.38. The molecule has 0 atom stereocenters. The van der Waals surface area contributed by atoms with E-state index < -0.39 is 0 Å². The molecule has 4 heteroatoms. The van der Waals surface area contributed by atoms with Gasteiger partial charge in [0.15, 0.2) is 22.7 Å². The van der Waals surface area contributed by atoms with Crippen LogP contribution in [0.5, 0.6) is 5.75 Å². The molecule has 0 saturated heterocycles. The summed E-state index contributed by atoms with van der Waals surface area (Å²) in [6.45, 7) is 1.81. The maximum absolute atomic E-state index is 5.44. The van der Waals surface area contributed by atoms with Crippen LogP contribution in [0.1, 0.15) is 5.89 Å². The average Bonchev–Trinajstić information content (AvgIpc) is 2.78. The molecule has 3 rings (SSSR count). The van der Waals surface area contributed by atoms with Crippen molar-refractivity contribution < 1.29 is 13.6 Å². The van der Waals surface area contributed by atoms with Crippen molar-refractivity contribution in [3.05, 3.63) is 24.3 Å². The van der Waals surface area contributed by atoms with Crippen molar-refractivity contribution in [2.24, 2.45) is 0 Å². The molecule has 0 fully saturated rings. The van der Waals surface area contributed by atoms with Gasteiger partial charge in [-0.2, -0.15) is 0 Å². The van der Waals surface area contributed by atoms with E-state index in [4.69, 9.17) is 13.6 Å². The molecular formula is C11H9NO3. The fraction of sp³-hybridized carbons (Fsp3) is 0.182. The number of nitrogens with zero attached hydrogens (tertiary/aromatic N) is 1. The Morgan fingerprint density at radius 3 is 3.00 bits per heavy atom. The number of fused-ring (bicyclic) bond motifs is 2. The Bertz CT molecular complexity index is 636. The second-order valence-electron chi connectivity index (χ2n) is 3.32. The van der Waals surface area contributed by atoms with Gasteiger partial charge < -0.3 is 13.6 Å². The van der Waals surface area contributed by atoms with Crippen molar-refractivity contribution in [3.63, 3.8) is 0 Å². The SMILES string of the molecule is COc1c2ccoc2cc2oc(C)nc12. The minimum absolute atomic E-state index is 0.621. The van der Waals surface area contributed by atoms with Gasteiger partial charge in [-0.15, -0.1) is 0 Å². The first-order valence-electron chi connectivity index (χ1n) is 4.61. The Labute approximate surface area is 85.4 Å². The third kappa shape index (κ3) is 1.05. The van der Waals surface area contributed by atoms with Gasteiger partial charge in [-0.3, -0.25) is 0 Å². The van der Waals surface area contributed by atoms with Crippen LogP contribution in [0.4, 0.5) is 0 Å². The molecule has 3 aromatic rings. The van der Waals surface area contributed by atoms with Gasteiger partial charge >= 0.3 is 0 Å². The van der Waals surface area contributed by atoms with Crippen LogP contribution >= 0.6 is 0 Å². The maximum Gasteiger partial charge on any atom is 0.192 e. The summed E-state index contributed by atoms with van der Waals surface area (Å²) in [5.74, 6) is 1.32. The fourth-order valence-corrected chi connectivity index (χ4v) is 1.78. The summed E-state index contributed by atoms with van der Waals surface area (Å²) >= 11 is 0. The molecule has 0 radical (unpaired) electrons. The maximum atomic E-state index is 5.44. The van der Waals surface area contributed by atoms with E-state index in [1.54, 1.807) is 20.3 Å². The van der Waals surface area contributed by atoms with E-state index in [0.29, 0.717) is 17.2 Å². The van der Waals surface area contributed by atoms with E-state index in [-0.39, 0.29) is 0 Å². The number of hydrogen-bond donors (Lipinski definition) is 0. The molecule has 2 heterocycles. The van der Waals surface area contributed by atoms with Gasteiger partial charge in [-0.05, 0) is 6.07 Å². The molecule has 1 aromatic carbocycles. The van der Waals surface area contributed by atoms with E-state index >= 15 is 0 Å². The van der Waals surface area contributed by atoms with Crippen LogP contribution in [0.15, 0.2) is 27.2 Å². The number of aromatic nitrogens is 1. The zero-order valence-corrected chi connectivity index (χ0v) is 8.40. The topological polar surface area (TPSA) is 48.4 Å². The molecule has 0 unspecified atom stereocenters. The van der Waals surface area contributed by atoms with Gasteiger partial charge in [-0.1, -0.05) is 0 Å². The third-order valence-electron chi connectivity index (χ3n) is 2.38. The van der Waals surface area contributed by atoms with E-state index in [0.717, 1.165) is 16.5 Å². The Morgan fingerprint density at radius 2 is 2.20 bits per heavy atom. The van der Waals surface area contributed by atoms with Crippen LogP contribution in [0.2, 0.25) is 0 Å². The summed E-state index contributed by atoms with van der Waals surface area (Å²) in [6.07, 6.45) is 1.62. The predicted molar refractivity (Wildman–Crippen MR) is 55.1 cm³/mol. The molecule has 0 saturated carbocycles. The summed E-state index contributed by atoms with van der Waals surface area (Å²) < 4.78 is 16.1. The summed E-state index contributed by atoms with van der Waals surface area (Å²) in [4.78, 5) is 4.28. The zero-order valence-electron chi connectivity index (χ0n) is 8.40. The number of furan rings is 1. The Morgan fingerprint density at radius 1 is 1.33 bits per heavy atom. The number of benzene rings is 1. The highest BCUT2D eigenvalue weighted by Crippen LogP contribution is 2.34. The van der Waals surface area contributed by atoms with Crippen molar-refractivity contribution in [1.29, 1.82) is 0 Å². The Hall–Kier alpha value is -1.97. The highest BCUT2D eigenvalue weighted by molar-refractivity contribution is 5.99. The van der Waals surface area contributed by atoms with Crippen molar-refractivity contribution in [3.8, 4) is 5.75 Å². The Balaban J connectivity index is 2.56. The molecule has 0 bridgehead atoms. The molecule has 0 amide bonds. The predicted octanol–water partition coefficient (Wildman–Crippen LogP) is 2.89. The van der Waals surface area contributed by atoms with Crippen molar-refractivity contribution in [2.75, 3.05) is 7.11 Å². The number of rotatable bonds is 1. The fourth-order valence-electron chi connectivity index (χ4n) is 1.78. The lowest BCUT2D eigenvalue weighted by Crippen LogP contribution is -1.85. The van der Waals surface area contributed by atoms with Gasteiger partial charge in [0.05, 0.1) is 18.8 Å². The summed E-state index contributed by atoms with van der Waals surface area (Å²) in [7, 11) is 1.62. The molecule has 0 aliphatic rings. The first-order chi connectivity index (χ1) is 7.29. The average molecular weight is 203 g/mol. The van der Waals surface area contributed by atoms with Gasteiger partial charge in [0.2, 0.25) is 0 Å². The van der Waals surface area contributed by atoms with Crippen LogP contribution in [0.3, 0.4) is 0 Å². The highest BCUT2D eigenvalue weighted by atomic mass is 16.5. The summed E-state index contributed by atoms with van der Waals surface area (Å²) in [5.41, 5.74) is 2.17. The Kier molecular flexibility index (Phi) is 1.54. The second kappa shape index (κ2) is 2.76. The van der Waals surface area contributed by atoms with Crippen LogP contribution in [-0.4, -0.2) is 12.1 Å². The number of methoxy groups -OCH3 is 1. The van der Waals surface area contributed by atoms with Crippen LogP contribution < -0.4 is 4.74 Å². The minimum atomic E-state index is 0.621. The van der Waals surface area contributed by atoms with E-state index in [2.05, 4.69) is 4.98 Å². The van der Waals surface area contributed by atoms with Crippen LogP contribution in [-0.2, 0) is 0 Å². The summed E-state index contributed by atoms with van der Waals surface area (Å²) in [5, 5.41) is 0.915. The largest absolute Gasteiger partial charge is 0.494 e. The molecule has 76 valence electrons. The lowest BCUT2D eigenvalue weighted by Gasteiger charge is -2.00. The molecule has 0 spiro atoms. The smallest absolute Gasteiger partial charge is 0.192 e.